The number of hydrogen-bond donors (Lipinski definition) is 1. The van der Waals surface area contributed by atoms with Crippen LogP contribution in [0.3, 0.4) is 0 Å². The molecule has 1 aromatic carbocycles. The molecular weight excluding hydrogens is 331 g/mol. The molecule has 0 aliphatic carbocycles. The van der Waals surface area contributed by atoms with E-state index in [2.05, 4.69) is 0 Å². The molecule has 2 rings (SSSR count). The predicted molar refractivity (Wildman–Crippen MR) is 86.9 cm³/mol. The fourth-order valence-electron chi connectivity index (χ4n) is 2.83. The number of aliphatic carboxylic acids is 1. The van der Waals surface area contributed by atoms with Gasteiger partial charge in [0.05, 0.1) is 25.1 Å². The normalized spacial score (nSPS) is 17.1. The maximum Gasteiger partial charge on any atom is 0.308 e. The third kappa shape index (κ3) is 4.46. The van der Waals surface area contributed by atoms with Gasteiger partial charge in [0.2, 0.25) is 5.91 Å². The van der Waals surface area contributed by atoms with Crippen molar-refractivity contribution in [3.8, 4) is 5.75 Å². The molecule has 25 heavy (non-hydrogen) atoms. The Balaban J connectivity index is 2.04. The van der Waals surface area contributed by atoms with Crippen LogP contribution in [0.1, 0.15) is 23.2 Å². The van der Waals surface area contributed by atoms with Crippen LogP contribution in [0.15, 0.2) is 18.2 Å². The Morgan fingerprint density at radius 3 is 2.76 bits per heavy atom. The number of hydrogen-bond acceptors (Lipinski definition) is 4. The molecule has 2 amide bonds. The van der Waals surface area contributed by atoms with Gasteiger partial charge in [-0.25, -0.2) is 4.39 Å². The molecule has 1 heterocycles. The molecule has 0 radical (unpaired) electrons. The van der Waals surface area contributed by atoms with E-state index in [1.807, 2.05) is 0 Å². The minimum absolute atomic E-state index is 0.0276. The van der Waals surface area contributed by atoms with Crippen LogP contribution in [0.4, 0.5) is 4.39 Å². The summed E-state index contributed by atoms with van der Waals surface area (Å²) in [5.74, 6) is -2.75. The van der Waals surface area contributed by atoms with E-state index in [0.29, 0.717) is 19.4 Å². The number of rotatable bonds is 5. The average Bonchev–Trinajstić information content (AvgIpc) is 2.60. The number of carboxylic acid groups (broad SMARTS) is 1. The standard InChI is InChI=1S/C17H21FN2O5/c1-19(16(22)13-8-12(18)5-6-14(13)25-2)10-15(21)20-7-3-4-11(9-20)17(23)24/h5-6,8,11H,3-4,7,9-10H2,1-2H3,(H,23,24). The zero-order chi connectivity index (χ0) is 18.6. The number of amides is 2. The molecule has 1 aromatic rings. The minimum atomic E-state index is -0.925. The summed E-state index contributed by atoms with van der Waals surface area (Å²) in [6, 6.07) is 3.59. The molecule has 0 saturated carbocycles. The first kappa shape index (κ1) is 18.7. The van der Waals surface area contributed by atoms with Crippen LogP contribution in [0.2, 0.25) is 0 Å². The smallest absolute Gasteiger partial charge is 0.308 e. The van der Waals surface area contributed by atoms with Gasteiger partial charge in [-0.05, 0) is 31.0 Å². The van der Waals surface area contributed by atoms with E-state index in [0.717, 1.165) is 6.07 Å². The number of carbonyl (C=O) groups excluding carboxylic acids is 2. The van der Waals surface area contributed by atoms with Crippen molar-refractivity contribution >= 4 is 17.8 Å². The number of benzene rings is 1. The Labute approximate surface area is 145 Å². The average molecular weight is 352 g/mol. The first-order chi connectivity index (χ1) is 11.8. The van der Waals surface area contributed by atoms with Gasteiger partial charge < -0.3 is 19.6 Å². The quantitative estimate of drug-likeness (QED) is 0.861. The molecule has 1 N–H and O–H groups in total. The van der Waals surface area contributed by atoms with Crippen LogP contribution in [-0.2, 0) is 9.59 Å². The van der Waals surface area contributed by atoms with Crippen LogP contribution < -0.4 is 4.74 Å². The fraction of sp³-hybridized carbons (Fsp3) is 0.471. The van der Waals surface area contributed by atoms with E-state index in [4.69, 9.17) is 9.84 Å². The van der Waals surface area contributed by atoms with Gasteiger partial charge in [-0.3, -0.25) is 14.4 Å². The third-order valence-electron chi connectivity index (χ3n) is 4.23. The van der Waals surface area contributed by atoms with E-state index in [-0.39, 0.29) is 30.3 Å². The fourth-order valence-corrected chi connectivity index (χ4v) is 2.83. The summed E-state index contributed by atoms with van der Waals surface area (Å²) in [6.45, 7) is 0.387. The number of halogens is 1. The zero-order valence-corrected chi connectivity index (χ0v) is 14.2. The summed E-state index contributed by atoms with van der Waals surface area (Å²) in [5, 5.41) is 9.09. The molecule has 1 atom stereocenters. The molecule has 1 saturated heterocycles. The van der Waals surface area contributed by atoms with Gasteiger partial charge in [0.1, 0.15) is 11.6 Å². The third-order valence-corrected chi connectivity index (χ3v) is 4.23. The molecule has 1 aliphatic heterocycles. The predicted octanol–water partition coefficient (Wildman–Crippen LogP) is 1.23. The number of carbonyl (C=O) groups is 3. The summed E-state index contributed by atoms with van der Waals surface area (Å²) in [4.78, 5) is 38.6. The van der Waals surface area contributed by atoms with Crippen LogP contribution in [0.5, 0.6) is 5.75 Å². The van der Waals surface area contributed by atoms with Crippen molar-refractivity contribution in [2.24, 2.45) is 5.92 Å². The Morgan fingerprint density at radius 2 is 2.12 bits per heavy atom. The molecule has 0 aromatic heterocycles. The highest BCUT2D eigenvalue weighted by atomic mass is 19.1. The van der Waals surface area contributed by atoms with Crippen LogP contribution in [0, 0.1) is 11.7 Å². The second-order valence-corrected chi connectivity index (χ2v) is 6.02. The number of likely N-dealkylation sites (tertiary alicyclic amines) is 1. The Hall–Kier alpha value is -2.64. The lowest BCUT2D eigenvalue weighted by Crippen LogP contribution is -2.46. The molecule has 1 aliphatic rings. The molecular formula is C17H21FN2O5. The maximum absolute atomic E-state index is 13.4. The molecule has 8 heteroatoms. The van der Waals surface area contributed by atoms with Gasteiger partial charge in [0.25, 0.3) is 5.91 Å². The zero-order valence-electron chi connectivity index (χ0n) is 14.2. The summed E-state index contributed by atoms with van der Waals surface area (Å²) >= 11 is 0. The first-order valence-electron chi connectivity index (χ1n) is 7.93. The van der Waals surface area contributed by atoms with Crippen LogP contribution in [0.25, 0.3) is 0 Å². The second kappa shape index (κ2) is 7.96. The van der Waals surface area contributed by atoms with E-state index in [1.54, 1.807) is 0 Å². The van der Waals surface area contributed by atoms with E-state index >= 15 is 0 Å². The highest BCUT2D eigenvalue weighted by Gasteiger charge is 2.29. The van der Waals surface area contributed by atoms with E-state index < -0.39 is 23.6 Å². The van der Waals surface area contributed by atoms with Gasteiger partial charge in [-0.2, -0.15) is 0 Å². The Morgan fingerprint density at radius 1 is 1.40 bits per heavy atom. The number of carboxylic acids is 1. The first-order valence-corrected chi connectivity index (χ1v) is 7.93. The van der Waals surface area contributed by atoms with Gasteiger partial charge in [-0.1, -0.05) is 0 Å². The minimum Gasteiger partial charge on any atom is -0.496 e. The summed E-state index contributed by atoms with van der Waals surface area (Å²) in [6.07, 6.45) is 1.15. The highest BCUT2D eigenvalue weighted by Crippen LogP contribution is 2.21. The van der Waals surface area contributed by atoms with Gasteiger partial charge in [0, 0.05) is 20.1 Å². The van der Waals surface area contributed by atoms with Crippen molar-refractivity contribution in [1.29, 1.82) is 0 Å². The second-order valence-electron chi connectivity index (χ2n) is 6.02. The Bertz CT molecular complexity index is 679. The van der Waals surface area contributed by atoms with Crippen molar-refractivity contribution in [3.05, 3.63) is 29.6 Å². The summed E-state index contributed by atoms with van der Waals surface area (Å²) < 4.78 is 18.5. The topological polar surface area (TPSA) is 87.2 Å². The summed E-state index contributed by atoms with van der Waals surface area (Å²) in [5.41, 5.74) is 0.0276. The van der Waals surface area contributed by atoms with Crippen LogP contribution in [-0.4, -0.2) is 66.5 Å². The van der Waals surface area contributed by atoms with Crippen molar-refractivity contribution in [2.75, 3.05) is 33.8 Å². The lowest BCUT2D eigenvalue weighted by Gasteiger charge is -2.32. The van der Waals surface area contributed by atoms with Crippen molar-refractivity contribution in [2.45, 2.75) is 12.8 Å². The molecule has 1 unspecified atom stereocenters. The molecule has 0 bridgehead atoms. The number of piperidine rings is 1. The number of ether oxygens (including phenoxy) is 1. The van der Waals surface area contributed by atoms with Crippen molar-refractivity contribution < 1.29 is 28.6 Å². The molecule has 136 valence electrons. The number of nitrogens with zero attached hydrogens (tertiary/aromatic N) is 2. The molecule has 1 fully saturated rings. The van der Waals surface area contributed by atoms with Gasteiger partial charge in [-0.15, -0.1) is 0 Å². The molecule has 0 spiro atoms. The number of likely N-dealkylation sites (N-methyl/N-ethyl adjacent to an activating group) is 1. The van der Waals surface area contributed by atoms with E-state index in [1.165, 1.54) is 36.1 Å². The summed E-state index contributed by atoms with van der Waals surface area (Å²) in [7, 11) is 2.80. The monoisotopic (exact) mass is 352 g/mol. The highest BCUT2D eigenvalue weighted by molar-refractivity contribution is 5.98. The Kier molecular flexibility index (Phi) is 5.95. The SMILES string of the molecule is COc1ccc(F)cc1C(=O)N(C)CC(=O)N1CCCC(C(=O)O)C1. The number of methoxy groups -OCH3 is 1. The van der Waals surface area contributed by atoms with Gasteiger partial charge >= 0.3 is 5.97 Å². The maximum atomic E-state index is 13.4. The largest absolute Gasteiger partial charge is 0.496 e. The van der Waals surface area contributed by atoms with Gasteiger partial charge in [0.15, 0.2) is 0 Å². The van der Waals surface area contributed by atoms with Crippen molar-refractivity contribution in [1.82, 2.24) is 9.80 Å². The van der Waals surface area contributed by atoms with Crippen molar-refractivity contribution in [3.63, 3.8) is 0 Å². The lowest BCUT2D eigenvalue weighted by atomic mass is 9.98. The molecule has 7 nitrogen and oxygen atoms in total. The van der Waals surface area contributed by atoms with E-state index in [9.17, 15) is 18.8 Å². The lowest BCUT2D eigenvalue weighted by molar-refractivity contribution is -0.145. The van der Waals surface area contributed by atoms with Crippen LogP contribution >= 0.6 is 0 Å².